The lowest BCUT2D eigenvalue weighted by Crippen LogP contribution is -2.19. The van der Waals surface area contributed by atoms with Crippen molar-refractivity contribution in [1.82, 2.24) is 5.32 Å². The van der Waals surface area contributed by atoms with E-state index in [1.165, 1.54) is 11.3 Å². The van der Waals surface area contributed by atoms with Gasteiger partial charge in [-0.3, -0.25) is 0 Å². The highest BCUT2D eigenvalue weighted by Crippen LogP contribution is 2.36. The normalized spacial score (nSPS) is 14.1. The molecule has 0 spiro atoms. The molecular formula is C10H13BrF3NS. The Labute approximate surface area is 105 Å². The Kier molecular flexibility index (Phi) is 4.82. The molecule has 0 saturated heterocycles. The Morgan fingerprint density at radius 2 is 2.12 bits per heavy atom. The predicted octanol–water partition coefficient (Wildman–Crippen LogP) is 4.42. The summed E-state index contributed by atoms with van der Waals surface area (Å²) in [5.41, 5.74) is 0. The number of nitrogens with one attached hydrogen (secondary N) is 1. The van der Waals surface area contributed by atoms with Gasteiger partial charge in [0.15, 0.2) is 0 Å². The molecule has 0 aliphatic carbocycles. The summed E-state index contributed by atoms with van der Waals surface area (Å²) in [7, 11) is 1.68. The van der Waals surface area contributed by atoms with Gasteiger partial charge in [-0.25, -0.2) is 0 Å². The second kappa shape index (κ2) is 5.51. The van der Waals surface area contributed by atoms with Crippen molar-refractivity contribution in [2.24, 2.45) is 0 Å². The van der Waals surface area contributed by atoms with E-state index in [-0.39, 0.29) is 12.5 Å². The summed E-state index contributed by atoms with van der Waals surface area (Å²) in [5.74, 6) is 0. The van der Waals surface area contributed by atoms with Crippen molar-refractivity contribution in [3.05, 3.63) is 20.3 Å². The number of hydrogen-bond donors (Lipinski definition) is 1. The van der Waals surface area contributed by atoms with Gasteiger partial charge in [0.05, 0.1) is 0 Å². The van der Waals surface area contributed by atoms with Gasteiger partial charge in [0.25, 0.3) is 0 Å². The number of rotatable bonds is 4. The van der Waals surface area contributed by atoms with E-state index in [0.717, 1.165) is 14.2 Å². The summed E-state index contributed by atoms with van der Waals surface area (Å²) in [6.07, 6.45) is -4.78. The number of hydrogen-bond acceptors (Lipinski definition) is 2. The van der Waals surface area contributed by atoms with Crippen LogP contribution < -0.4 is 5.32 Å². The van der Waals surface area contributed by atoms with Crippen molar-refractivity contribution in [2.45, 2.75) is 32.0 Å². The molecule has 1 nitrogen and oxygen atoms in total. The molecule has 1 unspecified atom stereocenters. The SMILES string of the molecule is CNC(CCC(F)(F)F)c1sc(C)cc1Br. The molecular weight excluding hydrogens is 303 g/mol. The number of halogens is 4. The van der Waals surface area contributed by atoms with Crippen molar-refractivity contribution in [1.29, 1.82) is 0 Å². The van der Waals surface area contributed by atoms with Crippen LogP contribution in [0.1, 0.15) is 28.6 Å². The van der Waals surface area contributed by atoms with E-state index in [1.54, 1.807) is 7.05 Å². The Morgan fingerprint density at radius 3 is 2.50 bits per heavy atom. The third kappa shape index (κ3) is 4.07. The fourth-order valence-electron chi connectivity index (χ4n) is 1.45. The first-order valence-electron chi connectivity index (χ1n) is 4.83. The quantitative estimate of drug-likeness (QED) is 0.867. The number of thiophene rings is 1. The van der Waals surface area contributed by atoms with Crippen LogP contribution in [-0.4, -0.2) is 13.2 Å². The Balaban J connectivity index is 2.71. The summed E-state index contributed by atoms with van der Waals surface area (Å²) < 4.78 is 37.3. The topological polar surface area (TPSA) is 12.0 Å². The van der Waals surface area contributed by atoms with Crippen LogP contribution in [0.2, 0.25) is 0 Å². The van der Waals surface area contributed by atoms with Crippen LogP contribution in [0.4, 0.5) is 13.2 Å². The van der Waals surface area contributed by atoms with Crippen LogP contribution in [0.25, 0.3) is 0 Å². The minimum absolute atomic E-state index is 0.0680. The summed E-state index contributed by atoms with van der Waals surface area (Å²) in [5, 5.41) is 2.93. The fourth-order valence-corrected chi connectivity index (χ4v) is 3.53. The molecule has 1 heterocycles. The van der Waals surface area contributed by atoms with Crippen molar-refractivity contribution in [3.63, 3.8) is 0 Å². The van der Waals surface area contributed by atoms with Gasteiger partial charge in [0.2, 0.25) is 0 Å². The zero-order valence-electron chi connectivity index (χ0n) is 8.99. The maximum Gasteiger partial charge on any atom is 0.389 e. The van der Waals surface area contributed by atoms with Gasteiger partial charge in [0, 0.05) is 26.7 Å². The van der Waals surface area contributed by atoms with Crippen LogP contribution in [0.3, 0.4) is 0 Å². The molecule has 0 aromatic carbocycles. The summed E-state index contributed by atoms with van der Waals surface area (Å²) >= 11 is 4.89. The Hall–Kier alpha value is -0.0700. The molecule has 0 saturated carbocycles. The van der Waals surface area contributed by atoms with Crippen LogP contribution in [0, 0.1) is 6.92 Å². The van der Waals surface area contributed by atoms with Gasteiger partial charge < -0.3 is 5.32 Å². The monoisotopic (exact) mass is 315 g/mol. The van der Waals surface area contributed by atoms with Crippen molar-refractivity contribution in [2.75, 3.05) is 7.05 Å². The van der Waals surface area contributed by atoms with E-state index in [2.05, 4.69) is 21.2 Å². The average molecular weight is 316 g/mol. The van der Waals surface area contributed by atoms with E-state index in [4.69, 9.17) is 0 Å². The van der Waals surface area contributed by atoms with E-state index < -0.39 is 12.6 Å². The van der Waals surface area contributed by atoms with Gasteiger partial charge in [-0.2, -0.15) is 13.2 Å². The Bertz CT molecular complexity index is 348. The van der Waals surface area contributed by atoms with Crippen molar-refractivity contribution >= 4 is 27.3 Å². The van der Waals surface area contributed by atoms with E-state index in [1.807, 2.05) is 13.0 Å². The molecule has 0 amide bonds. The first-order valence-corrected chi connectivity index (χ1v) is 6.44. The van der Waals surface area contributed by atoms with Crippen LogP contribution in [-0.2, 0) is 0 Å². The number of alkyl halides is 3. The lowest BCUT2D eigenvalue weighted by molar-refractivity contribution is -0.136. The average Bonchev–Trinajstić information content (AvgIpc) is 2.45. The van der Waals surface area contributed by atoms with Gasteiger partial charge in [-0.05, 0) is 42.4 Å². The molecule has 92 valence electrons. The predicted molar refractivity (Wildman–Crippen MR) is 63.8 cm³/mol. The standard InChI is InChI=1S/C10H13BrF3NS/c1-6-5-7(11)9(16-6)8(15-2)3-4-10(12,13)14/h5,8,15H,3-4H2,1-2H3. The van der Waals surface area contributed by atoms with Crippen LogP contribution in [0.5, 0.6) is 0 Å². The van der Waals surface area contributed by atoms with E-state index >= 15 is 0 Å². The van der Waals surface area contributed by atoms with Crippen molar-refractivity contribution < 1.29 is 13.2 Å². The molecule has 0 aliphatic rings. The molecule has 0 bridgehead atoms. The van der Waals surface area contributed by atoms with Crippen LogP contribution in [0.15, 0.2) is 10.5 Å². The maximum absolute atomic E-state index is 12.1. The summed E-state index contributed by atoms with van der Waals surface area (Å²) in [6, 6.07) is 1.69. The van der Waals surface area contributed by atoms with Crippen molar-refractivity contribution in [3.8, 4) is 0 Å². The highest BCUT2D eigenvalue weighted by atomic mass is 79.9. The molecule has 16 heavy (non-hydrogen) atoms. The third-order valence-electron chi connectivity index (χ3n) is 2.22. The van der Waals surface area contributed by atoms with E-state index in [9.17, 15) is 13.2 Å². The number of aryl methyl sites for hydroxylation is 1. The van der Waals surface area contributed by atoms with Crippen LogP contribution >= 0.6 is 27.3 Å². The molecule has 6 heteroatoms. The lowest BCUT2D eigenvalue weighted by atomic mass is 10.1. The molecule has 1 aromatic heterocycles. The second-order valence-electron chi connectivity index (χ2n) is 3.56. The maximum atomic E-state index is 12.1. The third-order valence-corrected chi connectivity index (χ3v) is 4.30. The molecule has 1 rings (SSSR count). The van der Waals surface area contributed by atoms with Gasteiger partial charge >= 0.3 is 6.18 Å². The highest BCUT2D eigenvalue weighted by Gasteiger charge is 2.29. The van der Waals surface area contributed by atoms with Gasteiger partial charge in [0.1, 0.15) is 0 Å². The van der Waals surface area contributed by atoms with Gasteiger partial charge in [-0.1, -0.05) is 0 Å². The largest absolute Gasteiger partial charge is 0.389 e. The molecule has 1 atom stereocenters. The molecule has 0 fully saturated rings. The second-order valence-corrected chi connectivity index (χ2v) is 5.71. The fraction of sp³-hybridized carbons (Fsp3) is 0.600. The molecule has 0 radical (unpaired) electrons. The first-order chi connectivity index (χ1) is 7.33. The highest BCUT2D eigenvalue weighted by molar-refractivity contribution is 9.10. The molecule has 1 N–H and O–H groups in total. The minimum Gasteiger partial charge on any atom is -0.312 e. The lowest BCUT2D eigenvalue weighted by Gasteiger charge is -2.16. The smallest absolute Gasteiger partial charge is 0.312 e. The van der Waals surface area contributed by atoms with E-state index in [0.29, 0.717) is 0 Å². The summed E-state index contributed by atoms with van der Waals surface area (Å²) in [6.45, 7) is 1.94. The molecule has 0 aliphatic heterocycles. The first kappa shape index (κ1) is 14.0. The minimum atomic E-state index is -4.09. The summed E-state index contributed by atoms with van der Waals surface area (Å²) in [4.78, 5) is 2.03. The zero-order valence-corrected chi connectivity index (χ0v) is 11.4. The van der Waals surface area contributed by atoms with Gasteiger partial charge in [-0.15, -0.1) is 11.3 Å². The zero-order chi connectivity index (χ0) is 12.3. The molecule has 1 aromatic rings. The Morgan fingerprint density at radius 1 is 1.50 bits per heavy atom.